The van der Waals surface area contributed by atoms with Crippen LogP contribution < -0.4 is 14.8 Å². The zero-order valence-corrected chi connectivity index (χ0v) is 18.6. The molecule has 0 aromatic heterocycles. The predicted octanol–water partition coefficient (Wildman–Crippen LogP) is 2.35. The van der Waals surface area contributed by atoms with E-state index in [1.807, 2.05) is 30.3 Å². The fraction of sp³-hybridized carbons (Fsp3) is 0.348. The van der Waals surface area contributed by atoms with Crippen molar-refractivity contribution in [2.75, 3.05) is 28.4 Å². The Labute approximate surface area is 187 Å². The summed E-state index contributed by atoms with van der Waals surface area (Å²) in [6, 6.07) is 12.9. The van der Waals surface area contributed by atoms with Crippen LogP contribution in [0.25, 0.3) is 0 Å². The van der Waals surface area contributed by atoms with Crippen molar-refractivity contribution in [3.05, 3.63) is 59.7 Å². The molecule has 2 amide bonds. The minimum absolute atomic E-state index is 0.0409. The van der Waals surface area contributed by atoms with E-state index in [0.29, 0.717) is 11.5 Å². The number of nitrogens with zero attached hydrogens (tertiary/aromatic N) is 1. The normalized spacial score (nSPS) is 11.2. The SMILES string of the molecule is COc1ccc(C(=O)NC(CCC(=O)OCc2ccccc2)C(=O)N(C)OC)cc1OC. The van der Waals surface area contributed by atoms with E-state index >= 15 is 0 Å². The number of nitrogens with one attached hydrogen (secondary N) is 1. The lowest BCUT2D eigenvalue weighted by Crippen LogP contribution is -2.47. The molecule has 9 heteroatoms. The maximum atomic E-state index is 12.8. The standard InChI is InChI=1S/C23H28N2O7/c1-25(31-4)23(28)18(11-13-21(26)32-15-16-8-6-5-7-9-16)24-22(27)17-10-12-19(29-2)20(14-17)30-3/h5-10,12,14,18H,11,13,15H2,1-4H3,(H,24,27). The molecule has 0 saturated carbocycles. The summed E-state index contributed by atoms with van der Waals surface area (Å²) in [6.07, 6.45) is -0.0216. The zero-order valence-electron chi connectivity index (χ0n) is 18.6. The summed E-state index contributed by atoms with van der Waals surface area (Å²) >= 11 is 0. The Morgan fingerprint density at radius 1 is 0.969 bits per heavy atom. The van der Waals surface area contributed by atoms with Crippen LogP contribution in [0.2, 0.25) is 0 Å². The second kappa shape index (κ2) is 12.3. The first kappa shape index (κ1) is 24.7. The smallest absolute Gasteiger partial charge is 0.306 e. The molecule has 0 radical (unpaired) electrons. The van der Waals surface area contributed by atoms with Crippen molar-refractivity contribution in [2.24, 2.45) is 0 Å². The number of carbonyl (C=O) groups excluding carboxylic acids is 3. The summed E-state index contributed by atoms with van der Waals surface area (Å²) in [5, 5.41) is 3.65. The summed E-state index contributed by atoms with van der Waals surface area (Å²) in [4.78, 5) is 42.5. The van der Waals surface area contributed by atoms with Crippen LogP contribution in [-0.4, -0.2) is 57.3 Å². The molecule has 0 bridgehead atoms. The molecule has 2 aromatic carbocycles. The van der Waals surface area contributed by atoms with Crippen molar-refractivity contribution in [1.29, 1.82) is 0 Å². The van der Waals surface area contributed by atoms with Crippen LogP contribution in [-0.2, 0) is 25.8 Å². The Hall–Kier alpha value is -3.59. The van der Waals surface area contributed by atoms with Gasteiger partial charge in [0.05, 0.1) is 21.3 Å². The average Bonchev–Trinajstić information content (AvgIpc) is 2.84. The van der Waals surface area contributed by atoms with E-state index < -0.39 is 23.8 Å². The van der Waals surface area contributed by atoms with Crippen LogP contribution in [0.3, 0.4) is 0 Å². The Morgan fingerprint density at radius 2 is 1.66 bits per heavy atom. The molecule has 0 aliphatic rings. The molecule has 0 aliphatic carbocycles. The fourth-order valence-corrected chi connectivity index (χ4v) is 2.86. The fourth-order valence-electron chi connectivity index (χ4n) is 2.86. The van der Waals surface area contributed by atoms with Crippen LogP contribution in [0, 0.1) is 0 Å². The number of esters is 1. The Kier molecular flexibility index (Phi) is 9.49. The molecular weight excluding hydrogens is 416 g/mol. The molecule has 0 fully saturated rings. The number of methoxy groups -OCH3 is 2. The summed E-state index contributed by atoms with van der Waals surface area (Å²) in [5.41, 5.74) is 1.13. The Balaban J connectivity index is 2.04. The van der Waals surface area contributed by atoms with E-state index in [4.69, 9.17) is 19.0 Å². The molecule has 2 rings (SSSR count). The summed E-state index contributed by atoms with van der Waals surface area (Å²) < 4.78 is 15.6. The first-order valence-electron chi connectivity index (χ1n) is 9.93. The van der Waals surface area contributed by atoms with E-state index in [-0.39, 0.29) is 25.0 Å². The summed E-state index contributed by atoms with van der Waals surface area (Å²) in [6.45, 7) is 0.133. The third-order valence-corrected chi connectivity index (χ3v) is 4.71. The number of ether oxygens (including phenoxy) is 3. The predicted molar refractivity (Wildman–Crippen MR) is 116 cm³/mol. The van der Waals surface area contributed by atoms with Gasteiger partial charge in [-0.3, -0.25) is 19.2 Å². The largest absolute Gasteiger partial charge is 0.493 e. The average molecular weight is 444 g/mol. The van der Waals surface area contributed by atoms with E-state index in [2.05, 4.69) is 5.32 Å². The van der Waals surface area contributed by atoms with Crippen molar-refractivity contribution in [1.82, 2.24) is 10.4 Å². The van der Waals surface area contributed by atoms with Gasteiger partial charge in [-0.25, -0.2) is 5.06 Å². The molecule has 9 nitrogen and oxygen atoms in total. The van der Waals surface area contributed by atoms with Gasteiger partial charge >= 0.3 is 5.97 Å². The van der Waals surface area contributed by atoms with Gasteiger partial charge in [-0.15, -0.1) is 0 Å². The topological polar surface area (TPSA) is 103 Å². The van der Waals surface area contributed by atoms with Gasteiger partial charge in [0.15, 0.2) is 11.5 Å². The molecule has 0 heterocycles. The minimum Gasteiger partial charge on any atom is -0.493 e. The van der Waals surface area contributed by atoms with Crippen molar-refractivity contribution in [2.45, 2.75) is 25.5 Å². The number of carbonyl (C=O) groups is 3. The summed E-state index contributed by atoms with van der Waals surface area (Å²) in [7, 11) is 5.70. The van der Waals surface area contributed by atoms with Gasteiger partial charge in [0.1, 0.15) is 12.6 Å². The molecular formula is C23H28N2O7. The monoisotopic (exact) mass is 444 g/mol. The van der Waals surface area contributed by atoms with Crippen LogP contribution in [0.1, 0.15) is 28.8 Å². The van der Waals surface area contributed by atoms with Crippen molar-refractivity contribution in [3.63, 3.8) is 0 Å². The molecule has 0 saturated heterocycles. The van der Waals surface area contributed by atoms with Crippen LogP contribution in [0.4, 0.5) is 0 Å². The number of hydroxylamine groups is 2. The van der Waals surface area contributed by atoms with Crippen molar-refractivity contribution in [3.8, 4) is 11.5 Å². The molecule has 1 atom stereocenters. The Morgan fingerprint density at radius 3 is 2.28 bits per heavy atom. The van der Waals surface area contributed by atoms with Gasteiger partial charge in [0.25, 0.3) is 11.8 Å². The zero-order chi connectivity index (χ0) is 23.5. The number of rotatable bonds is 11. The van der Waals surface area contributed by atoms with Gasteiger partial charge in [-0.05, 0) is 30.2 Å². The molecule has 2 aromatic rings. The lowest BCUT2D eigenvalue weighted by molar-refractivity contribution is -0.171. The van der Waals surface area contributed by atoms with Crippen LogP contribution in [0.5, 0.6) is 11.5 Å². The summed E-state index contributed by atoms with van der Waals surface area (Å²) in [5.74, 6) is -0.644. The quantitative estimate of drug-likeness (QED) is 0.419. The molecule has 1 N–H and O–H groups in total. The number of amides is 2. The first-order chi connectivity index (χ1) is 15.4. The van der Waals surface area contributed by atoms with Crippen molar-refractivity contribution >= 4 is 17.8 Å². The Bertz CT molecular complexity index is 918. The van der Waals surface area contributed by atoms with Gasteiger partial charge in [-0.2, -0.15) is 0 Å². The number of benzene rings is 2. The van der Waals surface area contributed by atoms with Gasteiger partial charge < -0.3 is 19.5 Å². The number of hydrogen-bond acceptors (Lipinski definition) is 7. The highest BCUT2D eigenvalue weighted by Crippen LogP contribution is 2.27. The molecule has 32 heavy (non-hydrogen) atoms. The number of likely N-dealkylation sites (N-methyl/N-ethyl adjacent to an activating group) is 1. The molecule has 0 spiro atoms. The van der Waals surface area contributed by atoms with E-state index in [9.17, 15) is 14.4 Å². The molecule has 1 unspecified atom stereocenters. The van der Waals surface area contributed by atoms with Gasteiger partial charge in [0, 0.05) is 19.0 Å². The second-order valence-corrected chi connectivity index (χ2v) is 6.80. The highest BCUT2D eigenvalue weighted by molar-refractivity contribution is 5.98. The van der Waals surface area contributed by atoms with Gasteiger partial charge in [-0.1, -0.05) is 30.3 Å². The molecule has 172 valence electrons. The first-order valence-corrected chi connectivity index (χ1v) is 9.93. The second-order valence-electron chi connectivity index (χ2n) is 6.80. The van der Waals surface area contributed by atoms with Gasteiger partial charge in [0.2, 0.25) is 0 Å². The van der Waals surface area contributed by atoms with Crippen molar-refractivity contribution < 1.29 is 33.4 Å². The van der Waals surface area contributed by atoms with E-state index in [1.165, 1.54) is 34.4 Å². The van der Waals surface area contributed by atoms with Crippen LogP contribution in [0.15, 0.2) is 48.5 Å². The van der Waals surface area contributed by atoms with E-state index in [1.54, 1.807) is 12.1 Å². The maximum Gasteiger partial charge on any atom is 0.306 e. The highest BCUT2D eigenvalue weighted by Gasteiger charge is 2.26. The third-order valence-electron chi connectivity index (χ3n) is 4.71. The minimum atomic E-state index is -0.996. The van der Waals surface area contributed by atoms with E-state index in [0.717, 1.165) is 10.6 Å². The maximum absolute atomic E-state index is 12.8. The lowest BCUT2D eigenvalue weighted by Gasteiger charge is -2.22. The highest BCUT2D eigenvalue weighted by atomic mass is 16.7. The third kappa shape index (κ3) is 6.98. The molecule has 0 aliphatic heterocycles. The van der Waals surface area contributed by atoms with Crippen LogP contribution >= 0.6 is 0 Å². The number of hydrogen-bond donors (Lipinski definition) is 1. The lowest BCUT2D eigenvalue weighted by atomic mass is 10.1.